The summed E-state index contributed by atoms with van der Waals surface area (Å²) in [6.45, 7) is 5.19. The topological polar surface area (TPSA) is 83.0 Å². The van der Waals surface area contributed by atoms with Gasteiger partial charge in [0.2, 0.25) is 0 Å². The molecule has 0 amide bonds. The van der Waals surface area contributed by atoms with Gasteiger partial charge in [-0.2, -0.15) is 15.6 Å². The van der Waals surface area contributed by atoms with Gasteiger partial charge in [0.15, 0.2) is 5.96 Å². The summed E-state index contributed by atoms with van der Waals surface area (Å²) in [7, 11) is -1.70. The minimum atomic E-state index is -3.43. The fourth-order valence-electron chi connectivity index (χ4n) is 2.82. The lowest BCUT2D eigenvalue weighted by Gasteiger charge is -2.25. The number of rotatable bonds is 7. The van der Waals surface area contributed by atoms with Crippen LogP contribution in [0.2, 0.25) is 0 Å². The summed E-state index contributed by atoms with van der Waals surface area (Å²) < 4.78 is 32.5. The lowest BCUT2D eigenvalue weighted by molar-refractivity contribution is 0.0731. The first-order valence-electron chi connectivity index (χ1n) is 9.14. The third-order valence-corrected chi connectivity index (χ3v) is 8.70. The molecule has 7 nitrogen and oxygen atoms in total. The SMILES string of the molecule is CN=C(NCc1ccc(S(=O)(=O)N2CCOCC2)s1)NCC(C)c1ccsc1. The van der Waals surface area contributed by atoms with Gasteiger partial charge in [0.1, 0.15) is 4.21 Å². The molecule has 1 fully saturated rings. The van der Waals surface area contributed by atoms with Gasteiger partial charge in [0, 0.05) is 31.6 Å². The zero-order chi connectivity index (χ0) is 20.0. The van der Waals surface area contributed by atoms with Crippen LogP contribution in [0.25, 0.3) is 0 Å². The van der Waals surface area contributed by atoms with Crippen LogP contribution >= 0.6 is 22.7 Å². The third kappa shape index (κ3) is 5.32. The van der Waals surface area contributed by atoms with Gasteiger partial charge in [-0.05, 0) is 40.4 Å². The molecule has 0 bridgehead atoms. The molecule has 3 heterocycles. The molecule has 10 heteroatoms. The maximum absolute atomic E-state index is 12.7. The molecule has 1 aliphatic heterocycles. The van der Waals surface area contributed by atoms with Crippen molar-refractivity contribution in [1.82, 2.24) is 14.9 Å². The fourth-order valence-corrected chi connectivity index (χ4v) is 6.46. The molecule has 1 aliphatic rings. The number of ether oxygens (including phenoxy) is 1. The number of hydrogen-bond acceptors (Lipinski definition) is 6. The zero-order valence-electron chi connectivity index (χ0n) is 16.1. The molecule has 0 aromatic carbocycles. The number of nitrogens with zero attached hydrogens (tertiary/aromatic N) is 2. The summed E-state index contributed by atoms with van der Waals surface area (Å²) in [5.74, 6) is 1.09. The summed E-state index contributed by atoms with van der Waals surface area (Å²) >= 11 is 2.99. The van der Waals surface area contributed by atoms with Crippen molar-refractivity contribution < 1.29 is 13.2 Å². The van der Waals surface area contributed by atoms with Crippen LogP contribution in [-0.2, 0) is 21.3 Å². The second-order valence-corrected chi connectivity index (χ2v) is 10.6. The van der Waals surface area contributed by atoms with E-state index in [-0.39, 0.29) is 0 Å². The Hall–Kier alpha value is -1.46. The lowest BCUT2D eigenvalue weighted by Crippen LogP contribution is -2.40. The minimum absolute atomic E-state index is 0.375. The van der Waals surface area contributed by atoms with Gasteiger partial charge in [-0.1, -0.05) is 6.92 Å². The maximum atomic E-state index is 12.7. The van der Waals surface area contributed by atoms with Crippen molar-refractivity contribution in [2.24, 2.45) is 4.99 Å². The van der Waals surface area contributed by atoms with E-state index in [1.165, 1.54) is 21.2 Å². The van der Waals surface area contributed by atoms with Crippen LogP contribution < -0.4 is 10.6 Å². The molecule has 1 unspecified atom stereocenters. The number of nitrogens with one attached hydrogen (secondary N) is 2. The summed E-state index contributed by atoms with van der Waals surface area (Å²) in [5, 5.41) is 10.8. The summed E-state index contributed by atoms with van der Waals surface area (Å²) in [5.41, 5.74) is 1.31. The van der Waals surface area contributed by atoms with Gasteiger partial charge >= 0.3 is 0 Å². The molecule has 0 aliphatic carbocycles. The number of thiophene rings is 2. The molecule has 2 aromatic rings. The van der Waals surface area contributed by atoms with Crippen LogP contribution in [0.5, 0.6) is 0 Å². The van der Waals surface area contributed by atoms with E-state index in [1.807, 2.05) is 6.07 Å². The minimum Gasteiger partial charge on any atom is -0.379 e. The molecule has 154 valence electrons. The van der Waals surface area contributed by atoms with Crippen molar-refractivity contribution in [2.75, 3.05) is 39.9 Å². The number of hydrogen-bond donors (Lipinski definition) is 2. The van der Waals surface area contributed by atoms with E-state index < -0.39 is 10.0 Å². The Morgan fingerprint density at radius 3 is 2.75 bits per heavy atom. The largest absolute Gasteiger partial charge is 0.379 e. The van der Waals surface area contributed by atoms with Gasteiger partial charge < -0.3 is 15.4 Å². The standard InChI is InChI=1S/C18H26N4O3S3/c1-14(15-5-10-26-13-15)11-20-18(19-2)21-12-16-3-4-17(27-16)28(23,24)22-6-8-25-9-7-22/h3-5,10,13-14H,6-9,11-12H2,1-2H3,(H2,19,20,21). The molecule has 2 N–H and O–H groups in total. The van der Waals surface area contributed by atoms with Crippen LogP contribution in [0.15, 0.2) is 38.2 Å². The van der Waals surface area contributed by atoms with Crippen LogP contribution in [0.4, 0.5) is 0 Å². The summed E-state index contributed by atoms with van der Waals surface area (Å²) in [6.07, 6.45) is 0. The van der Waals surface area contributed by atoms with E-state index in [2.05, 4.69) is 39.4 Å². The molecular weight excluding hydrogens is 416 g/mol. The quantitative estimate of drug-likeness (QED) is 0.508. The molecule has 28 heavy (non-hydrogen) atoms. The third-order valence-electron chi connectivity index (χ3n) is 4.54. The highest BCUT2D eigenvalue weighted by molar-refractivity contribution is 7.91. The van der Waals surface area contributed by atoms with Gasteiger partial charge in [0.25, 0.3) is 10.0 Å². The first-order valence-corrected chi connectivity index (χ1v) is 12.3. The first kappa shape index (κ1) is 21.3. The van der Waals surface area contributed by atoms with Gasteiger partial charge in [-0.3, -0.25) is 4.99 Å². The summed E-state index contributed by atoms with van der Waals surface area (Å²) in [6, 6.07) is 5.67. The van der Waals surface area contributed by atoms with Gasteiger partial charge in [-0.15, -0.1) is 11.3 Å². The smallest absolute Gasteiger partial charge is 0.252 e. The number of sulfonamides is 1. The predicted octanol–water partition coefficient (Wildman–Crippen LogP) is 2.30. The molecule has 0 spiro atoms. The second-order valence-electron chi connectivity index (χ2n) is 6.50. The Morgan fingerprint density at radius 2 is 2.07 bits per heavy atom. The molecule has 1 atom stereocenters. The second kappa shape index (κ2) is 9.84. The summed E-state index contributed by atoms with van der Waals surface area (Å²) in [4.78, 5) is 5.19. The van der Waals surface area contributed by atoms with Crippen LogP contribution in [0.1, 0.15) is 23.3 Å². The molecular formula is C18H26N4O3S3. The van der Waals surface area contributed by atoms with Crippen molar-refractivity contribution in [3.63, 3.8) is 0 Å². The normalized spacial score (nSPS) is 17.4. The van der Waals surface area contributed by atoms with E-state index in [9.17, 15) is 8.42 Å². The fraction of sp³-hybridized carbons (Fsp3) is 0.500. The van der Waals surface area contributed by atoms with E-state index in [1.54, 1.807) is 24.5 Å². The first-order chi connectivity index (χ1) is 13.5. The van der Waals surface area contributed by atoms with Crippen molar-refractivity contribution >= 4 is 38.7 Å². The highest BCUT2D eigenvalue weighted by Crippen LogP contribution is 2.25. The van der Waals surface area contributed by atoms with E-state index in [0.29, 0.717) is 48.9 Å². The Labute approximate surface area is 174 Å². The van der Waals surface area contributed by atoms with Crippen molar-refractivity contribution in [3.05, 3.63) is 39.4 Å². The average Bonchev–Trinajstić information content (AvgIpc) is 3.41. The van der Waals surface area contributed by atoms with Crippen molar-refractivity contribution in [1.29, 1.82) is 0 Å². The monoisotopic (exact) mass is 442 g/mol. The van der Waals surface area contributed by atoms with E-state index in [0.717, 1.165) is 11.4 Å². The Morgan fingerprint density at radius 1 is 1.29 bits per heavy atom. The number of aliphatic imine (C=N–C) groups is 1. The molecule has 0 saturated carbocycles. The predicted molar refractivity (Wildman–Crippen MR) is 115 cm³/mol. The average molecular weight is 443 g/mol. The Balaban J connectivity index is 1.52. The van der Waals surface area contributed by atoms with Crippen LogP contribution in [0, 0.1) is 0 Å². The zero-order valence-corrected chi connectivity index (χ0v) is 18.5. The van der Waals surface area contributed by atoms with Crippen molar-refractivity contribution in [3.8, 4) is 0 Å². The Bertz CT molecular complexity index is 872. The molecule has 1 saturated heterocycles. The van der Waals surface area contributed by atoms with Crippen LogP contribution in [-0.4, -0.2) is 58.6 Å². The van der Waals surface area contributed by atoms with Crippen LogP contribution in [0.3, 0.4) is 0 Å². The molecule has 2 aromatic heterocycles. The van der Waals surface area contributed by atoms with E-state index >= 15 is 0 Å². The number of morpholine rings is 1. The highest BCUT2D eigenvalue weighted by Gasteiger charge is 2.27. The molecule has 0 radical (unpaired) electrons. The van der Waals surface area contributed by atoms with Gasteiger partial charge in [-0.25, -0.2) is 8.42 Å². The van der Waals surface area contributed by atoms with Gasteiger partial charge in [0.05, 0.1) is 19.8 Å². The van der Waals surface area contributed by atoms with E-state index in [4.69, 9.17) is 4.74 Å². The Kier molecular flexibility index (Phi) is 7.47. The van der Waals surface area contributed by atoms with Crippen molar-refractivity contribution in [2.45, 2.75) is 23.6 Å². The lowest BCUT2D eigenvalue weighted by atomic mass is 10.1. The highest BCUT2D eigenvalue weighted by atomic mass is 32.2. The number of guanidine groups is 1. The molecule has 3 rings (SSSR count). The maximum Gasteiger partial charge on any atom is 0.252 e.